The second-order valence-corrected chi connectivity index (χ2v) is 8.92. The molecule has 1 aromatic carbocycles. The molecule has 10 heteroatoms. The zero-order valence-corrected chi connectivity index (χ0v) is 17.2. The van der Waals surface area contributed by atoms with Gasteiger partial charge >= 0.3 is 5.97 Å². The largest absolute Gasteiger partial charge is 0.452 e. The van der Waals surface area contributed by atoms with Crippen LogP contribution in [0.15, 0.2) is 58.2 Å². The fraction of sp³-hybridized carbons (Fsp3) is 0.278. The number of piperazine rings is 1. The van der Waals surface area contributed by atoms with Gasteiger partial charge in [0.2, 0.25) is 10.0 Å². The van der Waals surface area contributed by atoms with Crippen LogP contribution < -0.4 is 0 Å². The van der Waals surface area contributed by atoms with Crippen molar-refractivity contribution in [2.75, 3.05) is 32.8 Å². The van der Waals surface area contributed by atoms with Gasteiger partial charge in [0.05, 0.1) is 10.5 Å². The van der Waals surface area contributed by atoms with Crippen LogP contribution in [0.3, 0.4) is 0 Å². The summed E-state index contributed by atoms with van der Waals surface area (Å²) >= 11 is 3.21. The fourth-order valence-electron chi connectivity index (χ4n) is 2.74. The summed E-state index contributed by atoms with van der Waals surface area (Å²) in [6.07, 6.45) is 2.88. The summed E-state index contributed by atoms with van der Waals surface area (Å²) in [6, 6.07) is 9.73. The summed E-state index contributed by atoms with van der Waals surface area (Å²) in [7, 11) is -3.58. The van der Waals surface area contributed by atoms with Gasteiger partial charge in [0.15, 0.2) is 6.61 Å². The minimum atomic E-state index is -3.58. The fourth-order valence-corrected chi connectivity index (χ4v) is 4.55. The summed E-state index contributed by atoms with van der Waals surface area (Å²) in [5.74, 6) is -1.01. The quantitative estimate of drug-likeness (QED) is 0.618. The monoisotopic (exact) mass is 467 g/mol. The molecule has 148 valence electrons. The van der Waals surface area contributed by atoms with E-state index in [9.17, 15) is 18.0 Å². The lowest BCUT2D eigenvalue weighted by Gasteiger charge is -2.33. The number of hydrogen-bond acceptors (Lipinski definition) is 6. The number of carbonyl (C=O) groups is 2. The number of hydrogen-bond donors (Lipinski definition) is 0. The molecule has 2 aromatic rings. The highest BCUT2D eigenvalue weighted by Gasteiger charge is 2.30. The molecule has 3 rings (SSSR count). The van der Waals surface area contributed by atoms with E-state index in [1.165, 1.54) is 21.6 Å². The molecule has 28 heavy (non-hydrogen) atoms. The molecule has 1 fully saturated rings. The first-order valence-electron chi connectivity index (χ1n) is 8.48. The van der Waals surface area contributed by atoms with E-state index in [0.29, 0.717) is 4.47 Å². The van der Waals surface area contributed by atoms with Crippen molar-refractivity contribution in [3.05, 3.63) is 58.8 Å². The van der Waals surface area contributed by atoms with Crippen LogP contribution in [0, 0.1) is 0 Å². The number of sulfonamides is 1. The maximum atomic E-state index is 12.6. The van der Waals surface area contributed by atoms with Gasteiger partial charge in [-0.3, -0.25) is 9.78 Å². The van der Waals surface area contributed by atoms with Gasteiger partial charge in [-0.25, -0.2) is 13.2 Å². The Morgan fingerprint density at radius 1 is 1.07 bits per heavy atom. The average Bonchev–Trinajstić information content (AvgIpc) is 2.72. The second-order valence-electron chi connectivity index (χ2n) is 6.07. The lowest BCUT2D eigenvalue weighted by Crippen LogP contribution is -2.51. The van der Waals surface area contributed by atoms with Crippen molar-refractivity contribution < 1.29 is 22.7 Å². The molecule has 1 aliphatic rings. The molecule has 1 aromatic heterocycles. The first kappa shape index (κ1) is 20.4. The number of nitrogens with zero attached hydrogens (tertiary/aromatic N) is 3. The van der Waals surface area contributed by atoms with Gasteiger partial charge in [0.25, 0.3) is 5.91 Å². The van der Waals surface area contributed by atoms with Crippen molar-refractivity contribution in [1.82, 2.24) is 14.2 Å². The van der Waals surface area contributed by atoms with Crippen LogP contribution in [-0.4, -0.2) is 67.3 Å². The lowest BCUT2D eigenvalue weighted by atomic mass is 10.3. The number of aromatic nitrogens is 1. The molecule has 1 amide bonds. The Morgan fingerprint density at radius 3 is 2.39 bits per heavy atom. The number of pyridine rings is 1. The van der Waals surface area contributed by atoms with Crippen LogP contribution >= 0.6 is 15.9 Å². The van der Waals surface area contributed by atoms with E-state index >= 15 is 0 Å². The molecule has 2 heterocycles. The van der Waals surface area contributed by atoms with Crippen LogP contribution in [0.4, 0.5) is 0 Å². The third kappa shape index (κ3) is 4.75. The Balaban J connectivity index is 1.52. The predicted octanol–water partition coefficient (Wildman–Crippen LogP) is 1.53. The van der Waals surface area contributed by atoms with E-state index in [1.807, 2.05) is 0 Å². The molecular formula is C18H18BrN3O5S. The SMILES string of the molecule is O=C(OCC(=O)N1CCN(S(=O)(=O)c2ccccc2)CC1)c1cncc(Br)c1. The molecule has 1 aliphatic heterocycles. The van der Waals surface area contributed by atoms with E-state index in [1.54, 1.807) is 36.4 Å². The molecule has 8 nitrogen and oxygen atoms in total. The van der Waals surface area contributed by atoms with E-state index in [4.69, 9.17) is 4.74 Å². The highest BCUT2D eigenvalue weighted by Crippen LogP contribution is 2.17. The van der Waals surface area contributed by atoms with Crippen molar-refractivity contribution in [3.8, 4) is 0 Å². The second kappa shape index (κ2) is 8.80. The molecular weight excluding hydrogens is 450 g/mol. The Morgan fingerprint density at radius 2 is 1.75 bits per heavy atom. The van der Waals surface area contributed by atoms with Crippen molar-refractivity contribution in [2.45, 2.75) is 4.90 Å². The van der Waals surface area contributed by atoms with E-state index in [0.717, 1.165) is 0 Å². The number of amides is 1. The topological polar surface area (TPSA) is 96.9 Å². The number of benzene rings is 1. The summed E-state index contributed by atoms with van der Waals surface area (Å²) in [5.41, 5.74) is 0.237. The van der Waals surface area contributed by atoms with E-state index in [2.05, 4.69) is 20.9 Å². The minimum absolute atomic E-state index is 0.187. The summed E-state index contributed by atoms with van der Waals surface area (Å²) in [6.45, 7) is 0.442. The third-order valence-electron chi connectivity index (χ3n) is 4.24. The van der Waals surface area contributed by atoms with Gasteiger partial charge in [-0.1, -0.05) is 18.2 Å². The Bertz CT molecular complexity index is 960. The van der Waals surface area contributed by atoms with Crippen molar-refractivity contribution in [2.24, 2.45) is 0 Å². The van der Waals surface area contributed by atoms with Crippen molar-refractivity contribution >= 4 is 37.8 Å². The summed E-state index contributed by atoms with van der Waals surface area (Å²) in [4.78, 5) is 29.9. The molecule has 0 radical (unpaired) electrons. The number of carbonyl (C=O) groups excluding carboxylic acids is 2. The first-order valence-corrected chi connectivity index (χ1v) is 10.7. The maximum absolute atomic E-state index is 12.6. The van der Waals surface area contributed by atoms with Gasteiger partial charge < -0.3 is 9.64 Å². The normalized spacial score (nSPS) is 15.2. The number of ether oxygens (including phenoxy) is 1. The Hall–Kier alpha value is -2.30. The highest BCUT2D eigenvalue weighted by molar-refractivity contribution is 9.10. The highest BCUT2D eigenvalue weighted by atomic mass is 79.9. The average molecular weight is 468 g/mol. The van der Waals surface area contributed by atoms with Crippen LogP contribution in [0.25, 0.3) is 0 Å². The van der Waals surface area contributed by atoms with Gasteiger partial charge in [-0.2, -0.15) is 4.31 Å². The Labute approximate surface area is 171 Å². The van der Waals surface area contributed by atoms with Crippen LogP contribution in [0.5, 0.6) is 0 Å². The first-order chi connectivity index (χ1) is 13.4. The summed E-state index contributed by atoms with van der Waals surface area (Å²) in [5, 5.41) is 0. The molecule has 0 N–H and O–H groups in total. The van der Waals surface area contributed by atoms with Crippen LogP contribution in [0.1, 0.15) is 10.4 Å². The summed E-state index contributed by atoms with van der Waals surface area (Å²) < 4.78 is 32.2. The molecule has 0 unspecified atom stereocenters. The molecule has 1 saturated heterocycles. The number of esters is 1. The van der Waals surface area contributed by atoms with Crippen LogP contribution in [0.2, 0.25) is 0 Å². The van der Waals surface area contributed by atoms with Crippen molar-refractivity contribution in [3.63, 3.8) is 0 Å². The smallest absolute Gasteiger partial charge is 0.340 e. The van der Waals surface area contributed by atoms with Crippen LogP contribution in [-0.2, 0) is 19.6 Å². The Kier molecular flexibility index (Phi) is 6.42. The predicted molar refractivity (Wildman–Crippen MR) is 104 cm³/mol. The minimum Gasteiger partial charge on any atom is -0.452 e. The standard InChI is InChI=1S/C18H18BrN3O5S/c19-15-10-14(11-20-12-15)18(24)27-13-17(23)21-6-8-22(9-7-21)28(25,26)16-4-2-1-3-5-16/h1-5,10-12H,6-9,13H2. The molecule has 0 atom stereocenters. The van der Waals surface area contributed by atoms with E-state index < -0.39 is 22.6 Å². The van der Waals surface area contributed by atoms with E-state index in [-0.39, 0.29) is 42.5 Å². The number of halogens is 1. The molecule has 0 aliphatic carbocycles. The lowest BCUT2D eigenvalue weighted by molar-refractivity contribution is -0.135. The maximum Gasteiger partial charge on any atom is 0.340 e. The zero-order valence-electron chi connectivity index (χ0n) is 14.8. The number of rotatable bonds is 5. The van der Waals surface area contributed by atoms with Gasteiger partial charge in [-0.05, 0) is 34.1 Å². The van der Waals surface area contributed by atoms with Gasteiger partial charge in [0, 0.05) is 43.0 Å². The van der Waals surface area contributed by atoms with Gasteiger partial charge in [-0.15, -0.1) is 0 Å². The zero-order chi connectivity index (χ0) is 20.1. The molecule has 0 spiro atoms. The molecule has 0 bridgehead atoms. The van der Waals surface area contributed by atoms with Crippen molar-refractivity contribution in [1.29, 1.82) is 0 Å². The molecule has 0 saturated carbocycles. The van der Waals surface area contributed by atoms with Gasteiger partial charge in [0.1, 0.15) is 0 Å². The third-order valence-corrected chi connectivity index (χ3v) is 6.59.